The lowest BCUT2D eigenvalue weighted by molar-refractivity contribution is 0.0214. The molecule has 0 radical (unpaired) electrons. The van der Waals surface area contributed by atoms with E-state index in [1.54, 1.807) is 11.9 Å². The molecule has 0 aliphatic carbocycles. The summed E-state index contributed by atoms with van der Waals surface area (Å²) in [6.45, 7) is 11.4. The van der Waals surface area contributed by atoms with Crippen molar-refractivity contribution in [2.75, 3.05) is 51.3 Å². The van der Waals surface area contributed by atoms with Crippen LogP contribution in [-0.2, 0) is 14.6 Å². The molecule has 2 aliphatic rings. The van der Waals surface area contributed by atoms with E-state index in [1.165, 1.54) is 0 Å². The number of piperidine rings is 1. The number of amides is 1. The number of hydrogen-bond donors (Lipinski definition) is 1. The summed E-state index contributed by atoms with van der Waals surface area (Å²) in [5, 5.41) is 3.36. The topological polar surface area (TPSA) is 91.3 Å². The minimum atomic E-state index is -2.85. The lowest BCUT2D eigenvalue weighted by atomic mass is 9.96. The van der Waals surface area contributed by atoms with Crippen LogP contribution in [0.4, 0.5) is 4.79 Å². The predicted octanol–water partition coefficient (Wildman–Crippen LogP) is 2.58. The van der Waals surface area contributed by atoms with E-state index in [4.69, 9.17) is 4.74 Å². The van der Waals surface area contributed by atoms with Crippen LogP contribution in [0.15, 0.2) is 4.99 Å². The molecule has 1 atom stereocenters. The number of sulfone groups is 1. The van der Waals surface area contributed by atoms with Crippen molar-refractivity contribution >= 4 is 45.9 Å². The monoisotopic (exact) mass is 558 g/mol. The molecule has 0 bridgehead atoms. The number of carbonyl (C=O) groups excluding carboxylic acids is 1. The second-order valence-corrected chi connectivity index (χ2v) is 11.4. The van der Waals surface area contributed by atoms with Gasteiger partial charge in [0.25, 0.3) is 0 Å². The van der Waals surface area contributed by atoms with Crippen LogP contribution in [0, 0.1) is 11.8 Å². The van der Waals surface area contributed by atoms with Gasteiger partial charge in [-0.05, 0) is 58.8 Å². The summed E-state index contributed by atoms with van der Waals surface area (Å²) in [7, 11) is -1.09. The van der Waals surface area contributed by atoms with Gasteiger partial charge in [-0.1, -0.05) is 0 Å². The van der Waals surface area contributed by atoms with Gasteiger partial charge < -0.3 is 19.9 Å². The quantitative estimate of drug-likeness (QED) is 0.317. The average molecular weight is 559 g/mol. The third-order valence-corrected chi connectivity index (χ3v) is 7.35. The lowest BCUT2D eigenvalue weighted by Gasteiger charge is -2.36. The van der Waals surface area contributed by atoms with E-state index in [0.717, 1.165) is 38.3 Å². The first-order valence-corrected chi connectivity index (χ1v) is 12.5. The second kappa shape index (κ2) is 11.7. The van der Waals surface area contributed by atoms with Gasteiger partial charge in [0.15, 0.2) is 15.8 Å². The van der Waals surface area contributed by atoms with Gasteiger partial charge in [0.1, 0.15) is 5.60 Å². The zero-order chi connectivity index (χ0) is 21.7. The van der Waals surface area contributed by atoms with E-state index in [-0.39, 0.29) is 41.7 Å². The number of likely N-dealkylation sites (tertiary alicyclic amines) is 1. The number of hydrogen-bond acceptors (Lipinski definition) is 5. The summed E-state index contributed by atoms with van der Waals surface area (Å²) in [6.07, 6.45) is 2.45. The van der Waals surface area contributed by atoms with Crippen LogP contribution in [0.5, 0.6) is 0 Å². The third-order valence-electron chi connectivity index (χ3n) is 5.51. The molecule has 8 nitrogen and oxygen atoms in total. The molecule has 0 aromatic rings. The zero-order valence-corrected chi connectivity index (χ0v) is 22.2. The van der Waals surface area contributed by atoms with Gasteiger partial charge in [-0.3, -0.25) is 4.99 Å². The van der Waals surface area contributed by atoms with Gasteiger partial charge in [0.05, 0.1) is 11.5 Å². The van der Waals surface area contributed by atoms with E-state index >= 15 is 0 Å². The number of halogens is 1. The zero-order valence-electron chi connectivity index (χ0n) is 19.0. The summed E-state index contributed by atoms with van der Waals surface area (Å²) < 4.78 is 28.8. The van der Waals surface area contributed by atoms with Crippen molar-refractivity contribution in [1.29, 1.82) is 0 Å². The summed E-state index contributed by atoms with van der Waals surface area (Å²) in [5.74, 6) is 2.02. The van der Waals surface area contributed by atoms with E-state index in [9.17, 15) is 13.2 Å². The molecule has 1 amide bonds. The first-order chi connectivity index (χ1) is 13.5. The van der Waals surface area contributed by atoms with Gasteiger partial charge in [0.2, 0.25) is 0 Å². The van der Waals surface area contributed by atoms with Crippen molar-refractivity contribution in [3.8, 4) is 0 Å². The molecule has 1 N–H and O–H groups in total. The maximum absolute atomic E-state index is 12.4. The standard InChI is InChI=1S/C20H38N4O4S.HI/c1-6-23(19(25)28-20(2,3)4)14-16-7-10-24(11-8-16)18(21-5)22-13-17-9-12-29(26,27)15-17;/h16-17H,6-15H2,1-5H3,(H,21,22);1H. The number of aliphatic imine (C=N–C) groups is 1. The number of rotatable bonds is 5. The normalized spacial score (nSPS) is 22.4. The summed E-state index contributed by atoms with van der Waals surface area (Å²) in [6, 6.07) is 0. The van der Waals surface area contributed by atoms with E-state index in [0.29, 0.717) is 31.3 Å². The smallest absolute Gasteiger partial charge is 0.410 e. The molecule has 2 saturated heterocycles. The SMILES string of the molecule is CCN(CC1CCN(C(=NC)NCC2CCS(=O)(=O)C2)CC1)C(=O)OC(C)(C)C.I. The van der Waals surface area contributed by atoms with Crippen LogP contribution in [0.3, 0.4) is 0 Å². The van der Waals surface area contributed by atoms with Crippen molar-refractivity contribution in [2.45, 2.75) is 52.6 Å². The molecular formula is C20H39IN4O4S. The summed E-state index contributed by atoms with van der Waals surface area (Å²) in [4.78, 5) is 20.8. The molecule has 10 heteroatoms. The maximum atomic E-state index is 12.4. The maximum Gasteiger partial charge on any atom is 0.410 e. The summed E-state index contributed by atoms with van der Waals surface area (Å²) in [5.41, 5.74) is -0.481. The molecule has 2 aliphatic heterocycles. The van der Waals surface area contributed by atoms with Crippen molar-refractivity contribution in [3.05, 3.63) is 0 Å². The third kappa shape index (κ3) is 8.76. The van der Waals surface area contributed by atoms with Crippen molar-refractivity contribution < 1.29 is 17.9 Å². The fourth-order valence-electron chi connectivity index (χ4n) is 3.90. The van der Waals surface area contributed by atoms with Gasteiger partial charge in [-0.15, -0.1) is 24.0 Å². The number of ether oxygens (including phenoxy) is 1. The van der Waals surface area contributed by atoms with Crippen molar-refractivity contribution in [2.24, 2.45) is 16.8 Å². The Bertz CT molecular complexity index is 685. The molecular weight excluding hydrogens is 519 g/mol. The summed E-state index contributed by atoms with van der Waals surface area (Å²) >= 11 is 0. The van der Waals surface area contributed by atoms with Crippen LogP contribution in [0.2, 0.25) is 0 Å². The number of nitrogens with one attached hydrogen (secondary N) is 1. The number of guanidine groups is 1. The minimum absolute atomic E-state index is 0. The Morgan fingerprint density at radius 1 is 1.20 bits per heavy atom. The molecule has 2 heterocycles. The van der Waals surface area contributed by atoms with E-state index < -0.39 is 15.4 Å². The Balaban J connectivity index is 0.00000450. The van der Waals surface area contributed by atoms with Gasteiger partial charge in [-0.25, -0.2) is 13.2 Å². The fraction of sp³-hybridized carbons (Fsp3) is 0.900. The van der Waals surface area contributed by atoms with Crippen LogP contribution >= 0.6 is 24.0 Å². The molecule has 1 unspecified atom stereocenters. The minimum Gasteiger partial charge on any atom is -0.444 e. The van der Waals surface area contributed by atoms with Crippen molar-refractivity contribution in [3.63, 3.8) is 0 Å². The molecule has 2 rings (SSSR count). The highest BCUT2D eigenvalue weighted by molar-refractivity contribution is 14.0. The molecule has 0 aromatic carbocycles. The molecule has 0 aromatic heterocycles. The van der Waals surface area contributed by atoms with Crippen LogP contribution in [0.25, 0.3) is 0 Å². The average Bonchev–Trinajstić information content (AvgIpc) is 2.98. The lowest BCUT2D eigenvalue weighted by Crippen LogP contribution is -2.48. The molecule has 0 saturated carbocycles. The van der Waals surface area contributed by atoms with Gasteiger partial charge in [-0.2, -0.15) is 0 Å². The van der Waals surface area contributed by atoms with Gasteiger partial charge >= 0.3 is 6.09 Å². The first-order valence-electron chi connectivity index (χ1n) is 10.7. The Morgan fingerprint density at radius 3 is 2.30 bits per heavy atom. The highest BCUT2D eigenvalue weighted by Gasteiger charge is 2.29. The van der Waals surface area contributed by atoms with E-state index in [1.807, 2.05) is 27.7 Å². The Labute approximate surface area is 199 Å². The number of nitrogens with zero attached hydrogens (tertiary/aromatic N) is 3. The van der Waals surface area contributed by atoms with Gasteiger partial charge in [0, 0.05) is 39.8 Å². The predicted molar refractivity (Wildman–Crippen MR) is 131 cm³/mol. The molecule has 176 valence electrons. The fourth-order valence-corrected chi connectivity index (χ4v) is 5.76. The Morgan fingerprint density at radius 2 is 1.83 bits per heavy atom. The first kappa shape index (κ1) is 27.3. The molecule has 2 fully saturated rings. The largest absolute Gasteiger partial charge is 0.444 e. The molecule has 30 heavy (non-hydrogen) atoms. The van der Waals surface area contributed by atoms with Crippen LogP contribution < -0.4 is 5.32 Å². The second-order valence-electron chi connectivity index (χ2n) is 9.15. The van der Waals surface area contributed by atoms with Crippen LogP contribution in [-0.4, -0.2) is 87.1 Å². The Kier molecular flexibility index (Phi) is 10.7. The van der Waals surface area contributed by atoms with Crippen LogP contribution in [0.1, 0.15) is 47.0 Å². The highest BCUT2D eigenvalue weighted by atomic mass is 127. The highest BCUT2D eigenvalue weighted by Crippen LogP contribution is 2.21. The van der Waals surface area contributed by atoms with Crippen molar-refractivity contribution in [1.82, 2.24) is 15.1 Å². The number of carbonyl (C=O) groups is 1. The Hall–Kier alpha value is -0.780. The molecule has 0 spiro atoms. The van der Waals surface area contributed by atoms with E-state index in [2.05, 4.69) is 15.2 Å².